The van der Waals surface area contributed by atoms with Crippen molar-refractivity contribution in [1.82, 2.24) is 15.0 Å². The molecule has 1 saturated carbocycles. The Balaban J connectivity index is 1.85. The fourth-order valence-electron chi connectivity index (χ4n) is 2.84. The predicted molar refractivity (Wildman–Crippen MR) is 78.6 cm³/mol. The van der Waals surface area contributed by atoms with Crippen LogP contribution in [0.2, 0.25) is 0 Å². The molecule has 1 aromatic heterocycles. The maximum atomic E-state index is 12.7. The first-order chi connectivity index (χ1) is 10.5. The maximum Gasteiger partial charge on any atom is 0.310 e. The summed E-state index contributed by atoms with van der Waals surface area (Å²) in [4.78, 5) is -1.90. The molecule has 0 aliphatic heterocycles. The van der Waals surface area contributed by atoms with Crippen LogP contribution in [0.1, 0.15) is 43.7 Å². The van der Waals surface area contributed by atoms with Crippen molar-refractivity contribution >= 4 is 10.2 Å². The van der Waals surface area contributed by atoms with Crippen LogP contribution in [0.3, 0.4) is 0 Å². The third kappa shape index (κ3) is 3.65. The molecular formula is C14H16F5N3S. The average molecular weight is 353 g/mol. The molecule has 2 aromatic rings. The smallest absolute Gasteiger partial charge is 0.220 e. The van der Waals surface area contributed by atoms with E-state index in [-0.39, 0.29) is 5.69 Å². The van der Waals surface area contributed by atoms with E-state index in [0.29, 0.717) is 18.1 Å². The van der Waals surface area contributed by atoms with Gasteiger partial charge < -0.3 is 0 Å². The Hall–Kier alpha value is -1.64. The monoisotopic (exact) mass is 353 g/mol. The normalized spacial score (nSPS) is 20.0. The summed E-state index contributed by atoms with van der Waals surface area (Å²) < 4.78 is 64.8. The Morgan fingerprint density at radius 1 is 0.913 bits per heavy atom. The highest BCUT2D eigenvalue weighted by Crippen LogP contribution is 3.02. The molecule has 0 saturated heterocycles. The summed E-state index contributed by atoms with van der Waals surface area (Å²) in [5.41, 5.74) is 1.06. The van der Waals surface area contributed by atoms with Gasteiger partial charge in [0, 0.05) is 5.92 Å². The minimum Gasteiger partial charge on any atom is -0.220 e. The average Bonchev–Trinajstić information content (AvgIpc) is 2.96. The second kappa shape index (κ2) is 4.68. The Bertz CT molecular complexity index is 702. The van der Waals surface area contributed by atoms with Crippen molar-refractivity contribution in [1.29, 1.82) is 0 Å². The van der Waals surface area contributed by atoms with Crippen molar-refractivity contribution in [3.8, 4) is 5.69 Å². The van der Waals surface area contributed by atoms with Crippen molar-refractivity contribution in [2.75, 3.05) is 0 Å². The number of halogens is 5. The standard InChI is InChI=1S/C14H16F5N3S/c15-23(16,17,18,19)13-8-6-12(7-9-13)22-10-14(20-21-22)11-4-2-1-3-5-11/h6-11H,1-5H2. The Kier molecular flexibility index (Phi) is 3.30. The lowest BCUT2D eigenvalue weighted by Crippen LogP contribution is -2.06. The highest BCUT2D eigenvalue weighted by Gasteiger charge is 2.65. The molecule has 23 heavy (non-hydrogen) atoms. The second-order valence-corrected chi connectivity index (χ2v) is 8.30. The molecule has 0 bridgehead atoms. The largest absolute Gasteiger partial charge is 0.310 e. The van der Waals surface area contributed by atoms with Crippen molar-refractivity contribution < 1.29 is 19.4 Å². The van der Waals surface area contributed by atoms with Gasteiger partial charge in [0.2, 0.25) is 0 Å². The highest BCUT2D eigenvalue weighted by molar-refractivity contribution is 8.45. The summed E-state index contributed by atoms with van der Waals surface area (Å²) in [5.74, 6) is 0.307. The molecule has 1 aromatic carbocycles. The summed E-state index contributed by atoms with van der Waals surface area (Å²) in [6, 6.07) is 2.73. The number of rotatable bonds is 3. The molecular weight excluding hydrogens is 337 g/mol. The fraction of sp³-hybridized carbons (Fsp3) is 0.429. The molecule has 1 fully saturated rings. The number of benzene rings is 1. The van der Waals surface area contributed by atoms with Crippen molar-refractivity contribution in [2.24, 2.45) is 0 Å². The van der Waals surface area contributed by atoms with Gasteiger partial charge in [-0.1, -0.05) is 43.9 Å². The van der Waals surface area contributed by atoms with Gasteiger partial charge in [0.25, 0.3) is 0 Å². The van der Waals surface area contributed by atoms with Crippen molar-refractivity contribution in [3.63, 3.8) is 0 Å². The van der Waals surface area contributed by atoms with Gasteiger partial charge in [-0.05, 0) is 37.1 Å². The molecule has 3 rings (SSSR count). The first-order valence-electron chi connectivity index (χ1n) is 7.30. The summed E-state index contributed by atoms with van der Waals surface area (Å²) >= 11 is 0. The van der Waals surface area contributed by atoms with E-state index < -0.39 is 15.1 Å². The zero-order valence-electron chi connectivity index (χ0n) is 12.1. The van der Waals surface area contributed by atoms with E-state index in [1.807, 2.05) is 0 Å². The van der Waals surface area contributed by atoms with Crippen LogP contribution < -0.4 is 0 Å². The quantitative estimate of drug-likeness (QED) is 0.636. The van der Waals surface area contributed by atoms with E-state index in [1.165, 1.54) is 11.1 Å². The predicted octanol–water partition coefficient (Wildman–Crippen LogP) is 5.97. The summed E-state index contributed by atoms with van der Waals surface area (Å²) in [6.45, 7) is 0. The SMILES string of the molecule is FS(F)(F)(F)(F)c1ccc(-n2cc(C3CCCCC3)nn2)cc1. The minimum atomic E-state index is -9.63. The van der Waals surface area contributed by atoms with Gasteiger partial charge in [0.15, 0.2) is 0 Å². The van der Waals surface area contributed by atoms with Crippen molar-refractivity contribution in [3.05, 3.63) is 36.2 Å². The Morgan fingerprint density at radius 3 is 2.09 bits per heavy atom. The molecule has 0 radical (unpaired) electrons. The van der Waals surface area contributed by atoms with E-state index in [1.54, 1.807) is 6.20 Å². The Labute approximate surface area is 130 Å². The first-order valence-corrected chi connectivity index (χ1v) is 9.25. The molecule has 0 unspecified atom stereocenters. The van der Waals surface area contributed by atoms with E-state index in [4.69, 9.17) is 0 Å². The Morgan fingerprint density at radius 2 is 1.52 bits per heavy atom. The molecule has 3 nitrogen and oxygen atoms in total. The highest BCUT2D eigenvalue weighted by atomic mass is 32.5. The lowest BCUT2D eigenvalue weighted by atomic mass is 9.87. The number of hydrogen-bond acceptors (Lipinski definition) is 2. The van der Waals surface area contributed by atoms with Gasteiger partial charge in [-0.3, -0.25) is 0 Å². The summed E-state index contributed by atoms with van der Waals surface area (Å²) in [5, 5.41) is 7.96. The van der Waals surface area contributed by atoms with E-state index in [9.17, 15) is 19.4 Å². The van der Waals surface area contributed by atoms with Crippen LogP contribution >= 0.6 is 10.2 Å². The lowest BCUT2D eigenvalue weighted by molar-refractivity contribution is 0.364. The van der Waals surface area contributed by atoms with Crippen molar-refractivity contribution in [2.45, 2.75) is 42.9 Å². The zero-order valence-corrected chi connectivity index (χ0v) is 13.0. The van der Waals surface area contributed by atoms with Gasteiger partial charge in [0.05, 0.1) is 17.6 Å². The molecule has 1 heterocycles. The van der Waals surface area contributed by atoms with Gasteiger partial charge in [-0.15, -0.1) is 5.10 Å². The minimum absolute atomic E-state index is 0.269. The van der Waals surface area contributed by atoms with E-state index >= 15 is 0 Å². The summed E-state index contributed by atoms with van der Waals surface area (Å²) in [7, 11) is -9.63. The molecule has 0 atom stereocenters. The topological polar surface area (TPSA) is 30.7 Å². The van der Waals surface area contributed by atoms with Crippen LogP contribution in [0.5, 0.6) is 0 Å². The molecule has 1 aliphatic rings. The van der Waals surface area contributed by atoms with E-state index in [0.717, 1.165) is 43.5 Å². The number of hydrogen-bond donors (Lipinski definition) is 0. The molecule has 128 valence electrons. The maximum absolute atomic E-state index is 12.7. The molecule has 0 N–H and O–H groups in total. The van der Waals surface area contributed by atoms with Gasteiger partial charge in [-0.25, -0.2) is 4.68 Å². The van der Waals surface area contributed by atoms with Crippen LogP contribution in [0.15, 0.2) is 35.4 Å². The lowest BCUT2D eigenvalue weighted by Gasteiger charge is -2.40. The molecule has 9 heteroatoms. The third-order valence-corrected chi connectivity index (χ3v) is 5.24. The van der Waals surface area contributed by atoms with Crippen LogP contribution in [-0.2, 0) is 0 Å². The number of aromatic nitrogens is 3. The van der Waals surface area contributed by atoms with Gasteiger partial charge in [0.1, 0.15) is 4.90 Å². The number of nitrogens with zero attached hydrogens (tertiary/aromatic N) is 3. The van der Waals surface area contributed by atoms with Gasteiger partial charge in [-0.2, -0.15) is 0 Å². The zero-order chi connectivity index (χ0) is 16.8. The molecule has 0 spiro atoms. The fourth-order valence-corrected chi connectivity index (χ4v) is 3.49. The molecule has 0 amide bonds. The first kappa shape index (κ1) is 16.2. The van der Waals surface area contributed by atoms with Crippen LogP contribution in [-0.4, -0.2) is 15.0 Å². The second-order valence-electron chi connectivity index (χ2n) is 5.89. The van der Waals surface area contributed by atoms with Gasteiger partial charge >= 0.3 is 10.2 Å². The van der Waals surface area contributed by atoms with Crippen LogP contribution in [0, 0.1) is 0 Å². The molecule has 1 aliphatic carbocycles. The van der Waals surface area contributed by atoms with Crippen LogP contribution in [0.4, 0.5) is 19.4 Å². The van der Waals surface area contributed by atoms with E-state index in [2.05, 4.69) is 10.3 Å². The summed E-state index contributed by atoms with van der Waals surface area (Å²) in [6.07, 6.45) is 7.13. The van der Waals surface area contributed by atoms with Crippen LogP contribution in [0.25, 0.3) is 5.69 Å². The third-order valence-electron chi connectivity index (χ3n) is 4.08.